The zero-order valence-electron chi connectivity index (χ0n) is 15.2. The van der Waals surface area contributed by atoms with Crippen molar-refractivity contribution < 1.29 is 4.79 Å². The molecular weight excluding hydrogens is 346 g/mol. The van der Waals surface area contributed by atoms with Crippen LogP contribution in [0.4, 0.5) is 11.4 Å². The normalized spacial score (nSPS) is 15.1. The third-order valence-corrected chi connectivity index (χ3v) is 5.44. The third kappa shape index (κ3) is 4.31. The van der Waals surface area contributed by atoms with Crippen LogP contribution in [-0.2, 0) is 11.3 Å². The summed E-state index contributed by atoms with van der Waals surface area (Å²) >= 11 is 6.47. The van der Waals surface area contributed by atoms with Crippen LogP contribution in [0, 0.1) is 5.92 Å². The monoisotopic (exact) mass is 371 g/mol. The molecule has 5 heteroatoms. The lowest BCUT2D eigenvalue weighted by Crippen LogP contribution is -2.38. The number of hydrogen-bond donors (Lipinski definition) is 1. The van der Waals surface area contributed by atoms with Gasteiger partial charge in [-0.1, -0.05) is 35.9 Å². The van der Waals surface area contributed by atoms with Gasteiger partial charge in [-0.05, 0) is 49.6 Å². The number of rotatable bonds is 6. The van der Waals surface area contributed by atoms with Gasteiger partial charge in [0.05, 0.1) is 10.7 Å². The summed E-state index contributed by atoms with van der Waals surface area (Å²) in [7, 11) is 0. The lowest BCUT2D eigenvalue weighted by atomic mass is 9.96. The minimum atomic E-state index is -0.189. The summed E-state index contributed by atoms with van der Waals surface area (Å²) in [6.45, 7) is 5.56. The van der Waals surface area contributed by atoms with Gasteiger partial charge in [-0.3, -0.25) is 4.79 Å². The minimum Gasteiger partial charge on any atom is -0.370 e. The van der Waals surface area contributed by atoms with Crippen molar-refractivity contribution in [3.8, 4) is 0 Å². The van der Waals surface area contributed by atoms with Gasteiger partial charge in [0.1, 0.15) is 0 Å². The van der Waals surface area contributed by atoms with Gasteiger partial charge in [-0.2, -0.15) is 0 Å². The van der Waals surface area contributed by atoms with Gasteiger partial charge in [-0.25, -0.2) is 0 Å². The maximum atomic E-state index is 11.4. The number of benzene rings is 2. The van der Waals surface area contributed by atoms with E-state index in [0.717, 1.165) is 49.7 Å². The van der Waals surface area contributed by atoms with E-state index in [4.69, 9.17) is 17.3 Å². The Labute approximate surface area is 160 Å². The Morgan fingerprint density at radius 2 is 1.88 bits per heavy atom. The fraction of sp³-hybridized carbons (Fsp3) is 0.381. The summed E-state index contributed by atoms with van der Waals surface area (Å²) in [6.07, 6.45) is 1.59. The van der Waals surface area contributed by atoms with Gasteiger partial charge in [0.2, 0.25) is 5.91 Å². The van der Waals surface area contributed by atoms with E-state index < -0.39 is 0 Å². The van der Waals surface area contributed by atoms with Crippen LogP contribution in [-0.4, -0.2) is 25.5 Å². The zero-order valence-corrected chi connectivity index (χ0v) is 16.0. The summed E-state index contributed by atoms with van der Waals surface area (Å²) in [5.74, 6) is -0.201. The Morgan fingerprint density at radius 3 is 2.50 bits per heavy atom. The quantitative estimate of drug-likeness (QED) is 0.832. The Morgan fingerprint density at radius 1 is 1.19 bits per heavy atom. The fourth-order valence-electron chi connectivity index (χ4n) is 3.55. The maximum Gasteiger partial charge on any atom is 0.220 e. The van der Waals surface area contributed by atoms with Gasteiger partial charge >= 0.3 is 0 Å². The number of amides is 1. The molecule has 0 aromatic heterocycles. The first-order valence-corrected chi connectivity index (χ1v) is 9.59. The van der Waals surface area contributed by atoms with Crippen molar-refractivity contribution in [2.45, 2.75) is 26.3 Å². The molecule has 0 atom stereocenters. The van der Waals surface area contributed by atoms with Crippen LogP contribution >= 0.6 is 11.6 Å². The van der Waals surface area contributed by atoms with Crippen molar-refractivity contribution in [1.82, 2.24) is 0 Å². The second-order valence-electron chi connectivity index (χ2n) is 6.80. The van der Waals surface area contributed by atoms with Gasteiger partial charge < -0.3 is 15.5 Å². The molecule has 1 fully saturated rings. The summed E-state index contributed by atoms with van der Waals surface area (Å²) in [5, 5.41) is 0.758. The maximum absolute atomic E-state index is 11.4. The summed E-state index contributed by atoms with van der Waals surface area (Å²) in [5.41, 5.74) is 8.94. The highest BCUT2D eigenvalue weighted by molar-refractivity contribution is 6.33. The van der Waals surface area contributed by atoms with Crippen LogP contribution < -0.4 is 15.5 Å². The predicted molar refractivity (Wildman–Crippen MR) is 109 cm³/mol. The zero-order chi connectivity index (χ0) is 18.5. The highest BCUT2D eigenvalue weighted by Gasteiger charge is 2.24. The third-order valence-electron chi connectivity index (χ3n) is 5.13. The Kier molecular flexibility index (Phi) is 6.04. The molecule has 4 nitrogen and oxygen atoms in total. The number of anilines is 2. The molecule has 0 spiro atoms. The van der Waals surface area contributed by atoms with E-state index >= 15 is 0 Å². The highest BCUT2D eigenvalue weighted by Crippen LogP contribution is 2.31. The number of hydrogen-bond acceptors (Lipinski definition) is 3. The first-order chi connectivity index (χ1) is 12.6. The summed E-state index contributed by atoms with van der Waals surface area (Å²) in [4.78, 5) is 16.0. The molecule has 0 unspecified atom stereocenters. The van der Waals surface area contributed by atoms with Gasteiger partial charge in [0.15, 0.2) is 0 Å². The molecule has 1 saturated heterocycles. The lowest BCUT2D eigenvalue weighted by Gasteiger charge is -2.33. The number of halogens is 1. The second-order valence-corrected chi connectivity index (χ2v) is 7.21. The molecule has 138 valence electrons. The number of piperidine rings is 1. The van der Waals surface area contributed by atoms with Crippen molar-refractivity contribution in [2.75, 3.05) is 29.4 Å². The predicted octanol–water partition coefficient (Wildman–Crippen LogP) is 4.07. The minimum absolute atomic E-state index is 0.0122. The number of para-hydroxylation sites is 1. The van der Waals surface area contributed by atoms with Crippen LogP contribution in [0.15, 0.2) is 48.5 Å². The molecule has 0 radical (unpaired) electrons. The number of primary amides is 1. The van der Waals surface area contributed by atoms with Crippen molar-refractivity contribution >= 4 is 28.9 Å². The average Bonchev–Trinajstić information content (AvgIpc) is 2.68. The molecule has 0 bridgehead atoms. The van der Waals surface area contributed by atoms with E-state index in [0.29, 0.717) is 0 Å². The summed E-state index contributed by atoms with van der Waals surface area (Å²) < 4.78 is 0. The van der Waals surface area contributed by atoms with E-state index in [1.807, 2.05) is 12.1 Å². The molecule has 2 aromatic carbocycles. The second kappa shape index (κ2) is 8.45. The summed E-state index contributed by atoms with van der Waals surface area (Å²) in [6, 6.07) is 16.7. The van der Waals surface area contributed by atoms with Crippen molar-refractivity contribution in [1.29, 1.82) is 0 Å². The van der Waals surface area contributed by atoms with Crippen LogP contribution in [0.2, 0.25) is 5.02 Å². The number of carbonyl (C=O) groups is 1. The SMILES string of the molecule is CCN(Cc1ccc(Cl)c(N2CCC(C(N)=O)CC2)c1)c1ccccc1. The lowest BCUT2D eigenvalue weighted by molar-refractivity contribution is -0.122. The molecule has 1 amide bonds. The fourth-order valence-corrected chi connectivity index (χ4v) is 3.79. The first-order valence-electron chi connectivity index (χ1n) is 9.21. The van der Waals surface area contributed by atoms with Crippen molar-refractivity contribution in [2.24, 2.45) is 11.7 Å². The van der Waals surface area contributed by atoms with E-state index in [1.54, 1.807) is 0 Å². The first kappa shape index (κ1) is 18.6. The molecule has 2 N–H and O–H groups in total. The van der Waals surface area contributed by atoms with Crippen LogP contribution in [0.1, 0.15) is 25.3 Å². The topological polar surface area (TPSA) is 49.6 Å². The van der Waals surface area contributed by atoms with Crippen molar-refractivity contribution in [3.63, 3.8) is 0 Å². The standard InChI is InChI=1S/C21H26ClN3O/c1-2-24(18-6-4-3-5-7-18)15-16-8-9-19(22)20(14-16)25-12-10-17(11-13-25)21(23)26/h3-9,14,17H,2,10-13,15H2,1H3,(H2,23,26). The molecule has 1 heterocycles. The highest BCUT2D eigenvalue weighted by atomic mass is 35.5. The molecule has 1 aliphatic rings. The molecule has 2 aromatic rings. The number of carbonyl (C=O) groups excluding carboxylic acids is 1. The molecule has 1 aliphatic heterocycles. The molecular formula is C21H26ClN3O. The van der Waals surface area contributed by atoms with E-state index in [1.165, 1.54) is 11.3 Å². The van der Waals surface area contributed by atoms with Gasteiger partial charge in [-0.15, -0.1) is 0 Å². The Hall–Kier alpha value is -2.20. The van der Waals surface area contributed by atoms with Crippen LogP contribution in [0.25, 0.3) is 0 Å². The average molecular weight is 372 g/mol. The van der Waals surface area contributed by atoms with Gasteiger partial charge in [0.25, 0.3) is 0 Å². The molecule has 3 rings (SSSR count). The van der Waals surface area contributed by atoms with Crippen LogP contribution in [0.3, 0.4) is 0 Å². The molecule has 26 heavy (non-hydrogen) atoms. The van der Waals surface area contributed by atoms with E-state index in [9.17, 15) is 4.79 Å². The van der Waals surface area contributed by atoms with E-state index in [-0.39, 0.29) is 11.8 Å². The Bertz CT molecular complexity index is 742. The Balaban J connectivity index is 1.74. The number of nitrogens with zero attached hydrogens (tertiary/aromatic N) is 2. The largest absolute Gasteiger partial charge is 0.370 e. The van der Waals surface area contributed by atoms with Crippen molar-refractivity contribution in [3.05, 3.63) is 59.1 Å². The number of nitrogens with two attached hydrogens (primary N) is 1. The molecule has 0 aliphatic carbocycles. The molecule has 0 saturated carbocycles. The van der Waals surface area contributed by atoms with Crippen LogP contribution in [0.5, 0.6) is 0 Å². The van der Waals surface area contributed by atoms with Gasteiger partial charge in [0, 0.05) is 37.8 Å². The van der Waals surface area contributed by atoms with E-state index in [2.05, 4.69) is 53.1 Å². The smallest absolute Gasteiger partial charge is 0.220 e.